The molecule has 1 aromatic carbocycles. The number of imidazole rings is 1. The van der Waals surface area contributed by atoms with Crippen molar-refractivity contribution in [3.8, 4) is 0 Å². The molecule has 6 heteroatoms. The Morgan fingerprint density at radius 3 is 2.90 bits per heavy atom. The Labute approximate surface area is 118 Å². The smallest absolute Gasteiger partial charge is 0.172 e. The van der Waals surface area contributed by atoms with Crippen molar-refractivity contribution in [2.75, 3.05) is 0 Å². The molecule has 0 spiro atoms. The van der Waals surface area contributed by atoms with E-state index in [9.17, 15) is 0 Å². The van der Waals surface area contributed by atoms with Crippen LogP contribution in [0.15, 0.2) is 46.8 Å². The number of aromatic nitrogens is 5. The van der Waals surface area contributed by atoms with Crippen LogP contribution in [-0.4, -0.2) is 24.9 Å². The van der Waals surface area contributed by atoms with Crippen molar-refractivity contribution in [1.29, 1.82) is 0 Å². The highest BCUT2D eigenvalue weighted by atomic mass is 32.2. The van der Waals surface area contributed by atoms with Crippen LogP contribution in [0.4, 0.5) is 0 Å². The van der Waals surface area contributed by atoms with Crippen molar-refractivity contribution in [3.63, 3.8) is 0 Å². The molecule has 0 saturated carbocycles. The summed E-state index contributed by atoms with van der Waals surface area (Å²) in [7, 11) is 0. The van der Waals surface area contributed by atoms with E-state index in [1.165, 1.54) is 11.8 Å². The van der Waals surface area contributed by atoms with Gasteiger partial charge in [0.05, 0.1) is 16.4 Å². The fourth-order valence-electron chi connectivity index (χ4n) is 2.20. The summed E-state index contributed by atoms with van der Waals surface area (Å²) < 4.78 is 0. The molecule has 5 nitrogen and oxygen atoms in total. The number of aromatic amines is 2. The van der Waals surface area contributed by atoms with Crippen molar-refractivity contribution < 1.29 is 0 Å². The van der Waals surface area contributed by atoms with Crippen molar-refractivity contribution in [1.82, 2.24) is 24.9 Å². The van der Waals surface area contributed by atoms with Gasteiger partial charge < -0.3 is 9.97 Å². The summed E-state index contributed by atoms with van der Waals surface area (Å²) in [5.74, 6) is 0. The summed E-state index contributed by atoms with van der Waals surface area (Å²) in [6.07, 6.45) is 1.57. The largest absolute Gasteiger partial charge is 0.343 e. The van der Waals surface area contributed by atoms with E-state index >= 15 is 0 Å². The molecule has 2 N–H and O–H groups in total. The van der Waals surface area contributed by atoms with E-state index in [4.69, 9.17) is 0 Å². The summed E-state index contributed by atoms with van der Waals surface area (Å²) in [6, 6.07) is 10.0. The van der Waals surface area contributed by atoms with E-state index in [-0.39, 0.29) is 0 Å². The number of rotatable bonds is 2. The highest BCUT2D eigenvalue weighted by Gasteiger charge is 2.10. The predicted molar refractivity (Wildman–Crippen MR) is 78.8 cm³/mol. The van der Waals surface area contributed by atoms with Crippen molar-refractivity contribution in [2.45, 2.75) is 17.1 Å². The summed E-state index contributed by atoms with van der Waals surface area (Å²) in [5.41, 5.74) is 3.93. The van der Waals surface area contributed by atoms with Crippen LogP contribution in [0.2, 0.25) is 0 Å². The standard InChI is InChI=1S/C14H11N5S/c1-8-6-9-12(17-8)15-7-16-13(9)20-14-18-10-4-2-3-5-11(10)19-14/h2-7H,1H3,(H,18,19)(H,15,16,17). The number of aryl methyl sites for hydroxylation is 1. The van der Waals surface area contributed by atoms with E-state index in [0.717, 1.165) is 37.9 Å². The quantitative estimate of drug-likeness (QED) is 0.553. The fourth-order valence-corrected chi connectivity index (χ4v) is 3.05. The van der Waals surface area contributed by atoms with Gasteiger partial charge in [0, 0.05) is 5.69 Å². The third kappa shape index (κ3) is 1.85. The molecule has 4 rings (SSSR count). The minimum absolute atomic E-state index is 0.838. The summed E-state index contributed by atoms with van der Waals surface area (Å²) in [4.78, 5) is 19.7. The minimum Gasteiger partial charge on any atom is -0.343 e. The Balaban J connectivity index is 1.80. The second-order valence-electron chi connectivity index (χ2n) is 4.55. The number of hydrogen-bond donors (Lipinski definition) is 2. The van der Waals surface area contributed by atoms with Gasteiger partial charge in [0.25, 0.3) is 0 Å². The van der Waals surface area contributed by atoms with Gasteiger partial charge in [-0.2, -0.15) is 0 Å². The molecule has 0 saturated heterocycles. The lowest BCUT2D eigenvalue weighted by Gasteiger charge is -1.97. The molecule has 0 aliphatic rings. The van der Waals surface area contributed by atoms with E-state index in [2.05, 4.69) is 31.0 Å². The van der Waals surface area contributed by atoms with Crippen LogP contribution in [0.1, 0.15) is 5.69 Å². The molecule has 0 unspecified atom stereocenters. The lowest BCUT2D eigenvalue weighted by molar-refractivity contribution is 1.05. The number of fused-ring (bicyclic) bond motifs is 2. The molecule has 0 bridgehead atoms. The van der Waals surface area contributed by atoms with Gasteiger partial charge in [-0.25, -0.2) is 15.0 Å². The molecule has 3 aromatic heterocycles. The monoisotopic (exact) mass is 281 g/mol. The van der Waals surface area contributed by atoms with Crippen LogP contribution < -0.4 is 0 Å². The number of nitrogens with one attached hydrogen (secondary N) is 2. The summed E-state index contributed by atoms with van der Waals surface area (Å²) >= 11 is 1.52. The Bertz CT molecular complexity index is 875. The zero-order valence-electron chi connectivity index (χ0n) is 10.7. The summed E-state index contributed by atoms with van der Waals surface area (Å²) in [6.45, 7) is 2.01. The zero-order valence-corrected chi connectivity index (χ0v) is 11.5. The van der Waals surface area contributed by atoms with Crippen LogP contribution >= 0.6 is 11.8 Å². The highest BCUT2D eigenvalue weighted by molar-refractivity contribution is 7.99. The van der Waals surface area contributed by atoms with Crippen molar-refractivity contribution in [2.24, 2.45) is 0 Å². The van der Waals surface area contributed by atoms with Gasteiger partial charge in [-0.3, -0.25) is 0 Å². The highest BCUT2D eigenvalue weighted by Crippen LogP contribution is 2.30. The summed E-state index contributed by atoms with van der Waals surface area (Å²) in [5, 5.41) is 2.76. The van der Waals surface area contributed by atoms with Gasteiger partial charge in [0.1, 0.15) is 17.0 Å². The third-order valence-corrected chi connectivity index (χ3v) is 3.99. The molecular weight excluding hydrogens is 270 g/mol. The first-order chi connectivity index (χ1) is 9.79. The van der Waals surface area contributed by atoms with E-state index < -0.39 is 0 Å². The van der Waals surface area contributed by atoms with Crippen LogP contribution in [0.3, 0.4) is 0 Å². The van der Waals surface area contributed by atoms with Gasteiger partial charge in [-0.05, 0) is 36.9 Å². The lowest BCUT2D eigenvalue weighted by atomic mass is 10.3. The third-order valence-electron chi connectivity index (χ3n) is 3.08. The molecule has 20 heavy (non-hydrogen) atoms. The SMILES string of the molecule is Cc1cc2c(Sc3nc4ccccc4[nH]3)ncnc2[nH]1. The number of benzene rings is 1. The molecule has 98 valence electrons. The van der Waals surface area contributed by atoms with Gasteiger partial charge in [-0.15, -0.1) is 0 Å². The Hall–Kier alpha value is -2.34. The predicted octanol–water partition coefficient (Wildman–Crippen LogP) is 3.29. The Kier molecular flexibility index (Phi) is 2.50. The zero-order chi connectivity index (χ0) is 13.5. The van der Waals surface area contributed by atoms with Crippen LogP contribution in [0.5, 0.6) is 0 Å². The maximum atomic E-state index is 4.56. The van der Waals surface area contributed by atoms with Crippen molar-refractivity contribution >= 4 is 33.8 Å². The lowest BCUT2D eigenvalue weighted by Crippen LogP contribution is -1.85. The van der Waals surface area contributed by atoms with E-state index in [0.29, 0.717) is 0 Å². The molecule has 0 atom stereocenters. The Morgan fingerprint density at radius 1 is 1.10 bits per heavy atom. The molecule has 3 heterocycles. The van der Waals surface area contributed by atoms with Crippen LogP contribution in [0, 0.1) is 6.92 Å². The fraction of sp³-hybridized carbons (Fsp3) is 0.0714. The van der Waals surface area contributed by atoms with Crippen LogP contribution in [0.25, 0.3) is 22.1 Å². The molecular formula is C14H11N5S. The normalized spacial score (nSPS) is 11.4. The van der Waals surface area contributed by atoms with E-state index in [1.807, 2.05) is 31.2 Å². The molecule has 0 radical (unpaired) electrons. The number of H-pyrrole nitrogens is 2. The van der Waals surface area contributed by atoms with Crippen molar-refractivity contribution in [3.05, 3.63) is 42.4 Å². The van der Waals surface area contributed by atoms with Gasteiger partial charge in [0.2, 0.25) is 0 Å². The second-order valence-corrected chi connectivity index (χ2v) is 5.53. The van der Waals surface area contributed by atoms with Crippen LogP contribution in [-0.2, 0) is 0 Å². The minimum atomic E-state index is 0.838. The molecule has 0 aliphatic heterocycles. The van der Waals surface area contributed by atoms with Gasteiger partial charge in [0.15, 0.2) is 5.16 Å². The number of nitrogens with zero attached hydrogens (tertiary/aromatic N) is 3. The molecule has 0 aliphatic carbocycles. The molecule has 0 fully saturated rings. The average Bonchev–Trinajstić information content (AvgIpc) is 3.01. The first kappa shape index (κ1) is 11.5. The number of hydrogen-bond acceptors (Lipinski definition) is 4. The first-order valence-corrected chi connectivity index (χ1v) is 7.04. The second kappa shape index (κ2) is 4.35. The molecule has 4 aromatic rings. The topological polar surface area (TPSA) is 70.2 Å². The molecule has 0 amide bonds. The maximum absolute atomic E-state index is 4.56. The first-order valence-electron chi connectivity index (χ1n) is 6.22. The number of para-hydroxylation sites is 2. The van der Waals surface area contributed by atoms with Gasteiger partial charge >= 0.3 is 0 Å². The maximum Gasteiger partial charge on any atom is 0.172 e. The Morgan fingerprint density at radius 2 is 2.00 bits per heavy atom. The average molecular weight is 281 g/mol. The van der Waals surface area contributed by atoms with E-state index in [1.54, 1.807) is 6.33 Å². The van der Waals surface area contributed by atoms with Gasteiger partial charge in [-0.1, -0.05) is 12.1 Å².